The van der Waals surface area contributed by atoms with Gasteiger partial charge in [0.25, 0.3) is 0 Å². The Morgan fingerprint density at radius 1 is 1.26 bits per heavy atom. The number of hydrogen-bond acceptors (Lipinski definition) is 5. The fourth-order valence-corrected chi connectivity index (χ4v) is 4.32. The Balaban J connectivity index is 2.56. The number of nitrogens with zero attached hydrogens (tertiary/aromatic N) is 3. The van der Waals surface area contributed by atoms with E-state index in [9.17, 15) is 26.4 Å². The number of rotatable bonds is 6. The molecule has 2 rings (SSSR count). The monoisotopic (exact) mass is 423 g/mol. The van der Waals surface area contributed by atoms with Crippen molar-refractivity contribution in [1.29, 1.82) is 0 Å². The van der Waals surface area contributed by atoms with Crippen LogP contribution < -0.4 is 4.31 Å². The van der Waals surface area contributed by atoms with Crippen LogP contribution in [0.4, 0.5) is 19.0 Å². The zero-order chi connectivity index (χ0) is 20.4. The normalized spacial score (nSPS) is 12.0. The molecule has 0 radical (unpaired) electrons. The summed E-state index contributed by atoms with van der Waals surface area (Å²) in [5.74, 6) is -3.11. The van der Waals surface area contributed by atoms with Crippen molar-refractivity contribution in [1.82, 2.24) is 9.97 Å². The van der Waals surface area contributed by atoms with Crippen molar-refractivity contribution in [2.75, 3.05) is 10.8 Å². The van der Waals surface area contributed by atoms with Crippen LogP contribution in [-0.4, -0.2) is 36.0 Å². The maximum absolute atomic E-state index is 13.2. The molecular formula is C15H13ClF3N3O4S. The number of halogens is 4. The minimum absolute atomic E-state index is 0.271. The van der Waals surface area contributed by atoms with Crippen LogP contribution in [0.15, 0.2) is 30.6 Å². The molecule has 2 aromatic rings. The van der Waals surface area contributed by atoms with Gasteiger partial charge in [-0.3, -0.25) is 4.31 Å². The summed E-state index contributed by atoms with van der Waals surface area (Å²) in [5.41, 5.74) is -2.46. The van der Waals surface area contributed by atoms with Crippen LogP contribution in [0.5, 0.6) is 0 Å². The van der Waals surface area contributed by atoms with Crippen molar-refractivity contribution >= 4 is 33.4 Å². The summed E-state index contributed by atoms with van der Waals surface area (Å²) in [7, 11) is -4.46. The lowest BCUT2D eigenvalue weighted by Crippen LogP contribution is -2.34. The number of benzene rings is 1. The number of carboxylic acids is 1. The SMILES string of the molecule is CCN(c1nccnc1C(=O)O)S(=O)(=O)Cc1c(Cl)cccc1C(F)(F)F. The maximum atomic E-state index is 13.2. The number of alkyl halides is 3. The van der Waals surface area contributed by atoms with E-state index in [1.54, 1.807) is 0 Å². The average molecular weight is 424 g/mol. The summed E-state index contributed by atoms with van der Waals surface area (Å²) in [6.45, 7) is 1.11. The summed E-state index contributed by atoms with van der Waals surface area (Å²) in [6, 6.07) is 2.92. The van der Waals surface area contributed by atoms with E-state index in [1.165, 1.54) is 6.92 Å². The van der Waals surface area contributed by atoms with Gasteiger partial charge >= 0.3 is 12.1 Å². The van der Waals surface area contributed by atoms with E-state index in [0.29, 0.717) is 4.31 Å². The highest BCUT2D eigenvalue weighted by Gasteiger charge is 2.37. The smallest absolute Gasteiger partial charge is 0.416 e. The fourth-order valence-electron chi connectivity index (χ4n) is 2.37. The molecule has 0 spiro atoms. The van der Waals surface area contributed by atoms with Gasteiger partial charge in [-0.15, -0.1) is 0 Å². The van der Waals surface area contributed by atoms with Crippen LogP contribution in [0.2, 0.25) is 5.02 Å². The predicted octanol–water partition coefficient (Wildman–Crippen LogP) is 3.20. The van der Waals surface area contributed by atoms with Crippen molar-refractivity contribution in [2.24, 2.45) is 0 Å². The van der Waals surface area contributed by atoms with Gasteiger partial charge in [-0.25, -0.2) is 23.2 Å². The molecule has 27 heavy (non-hydrogen) atoms. The Bertz CT molecular complexity index is 967. The number of sulfonamides is 1. The molecule has 7 nitrogen and oxygen atoms in total. The third-order valence-corrected chi connectivity index (χ3v) is 5.60. The van der Waals surface area contributed by atoms with E-state index in [2.05, 4.69) is 9.97 Å². The first-order valence-corrected chi connectivity index (χ1v) is 9.37. The first-order chi connectivity index (χ1) is 12.5. The summed E-state index contributed by atoms with van der Waals surface area (Å²) >= 11 is 5.81. The van der Waals surface area contributed by atoms with Gasteiger partial charge in [0, 0.05) is 24.0 Å². The Labute approximate surface area is 157 Å². The Hall–Kier alpha value is -2.40. The summed E-state index contributed by atoms with van der Waals surface area (Å²) in [5, 5.41) is 8.79. The predicted molar refractivity (Wildman–Crippen MR) is 91.1 cm³/mol. The lowest BCUT2D eigenvalue weighted by atomic mass is 10.1. The first-order valence-electron chi connectivity index (χ1n) is 7.38. The van der Waals surface area contributed by atoms with Gasteiger partial charge in [-0.1, -0.05) is 17.7 Å². The number of anilines is 1. The molecule has 0 aliphatic heterocycles. The second kappa shape index (κ2) is 7.69. The zero-order valence-corrected chi connectivity index (χ0v) is 15.3. The van der Waals surface area contributed by atoms with E-state index in [1.807, 2.05) is 0 Å². The van der Waals surface area contributed by atoms with Crippen molar-refractivity contribution < 1.29 is 31.5 Å². The van der Waals surface area contributed by atoms with Crippen molar-refractivity contribution in [2.45, 2.75) is 18.9 Å². The molecule has 0 aliphatic carbocycles. The highest BCUT2D eigenvalue weighted by atomic mass is 35.5. The number of carbonyl (C=O) groups is 1. The van der Waals surface area contributed by atoms with Gasteiger partial charge in [-0.05, 0) is 24.6 Å². The highest BCUT2D eigenvalue weighted by molar-refractivity contribution is 7.92. The molecular weight excluding hydrogens is 411 g/mol. The first kappa shape index (κ1) is 20.9. The zero-order valence-electron chi connectivity index (χ0n) is 13.7. The molecule has 1 aromatic carbocycles. The van der Waals surface area contributed by atoms with Gasteiger partial charge in [0.1, 0.15) is 0 Å². The summed E-state index contributed by atoms with van der Waals surface area (Å²) in [4.78, 5) is 18.6. The van der Waals surface area contributed by atoms with E-state index >= 15 is 0 Å². The molecule has 1 N–H and O–H groups in total. The molecule has 1 heterocycles. The second-order valence-electron chi connectivity index (χ2n) is 5.22. The number of aromatic nitrogens is 2. The van der Waals surface area contributed by atoms with Crippen LogP contribution in [0.1, 0.15) is 28.5 Å². The Morgan fingerprint density at radius 2 is 1.89 bits per heavy atom. The summed E-state index contributed by atoms with van der Waals surface area (Å²) in [6.07, 6.45) is -2.68. The van der Waals surface area contributed by atoms with E-state index in [0.717, 1.165) is 30.6 Å². The van der Waals surface area contributed by atoms with Gasteiger partial charge in [0.15, 0.2) is 11.5 Å². The van der Waals surface area contributed by atoms with Gasteiger partial charge < -0.3 is 5.11 Å². The number of hydrogen-bond donors (Lipinski definition) is 1. The average Bonchev–Trinajstić information content (AvgIpc) is 2.56. The van der Waals surface area contributed by atoms with Crippen LogP contribution in [-0.2, 0) is 22.0 Å². The molecule has 0 atom stereocenters. The van der Waals surface area contributed by atoms with Crippen molar-refractivity contribution in [3.8, 4) is 0 Å². The molecule has 0 saturated heterocycles. The number of carboxylic acid groups (broad SMARTS) is 1. The van der Waals surface area contributed by atoms with Gasteiger partial charge in [0.05, 0.1) is 11.3 Å². The Kier molecular flexibility index (Phi) is 5.95. The standard InChI is InChI=1S/C15H13ClF3N3O4S/c1-2-22(13-12(14(23)24)20-6-7-21-13)27(25,26)8-9-10(15(17,18)19)4-3-5-11(9)16/h3-7H,2,8H2,1H3,(H,23,24). The minimum Gasteiger partial charge on any atom is -0.476 e. The van der Waals surface area contributed by atoms with Crippen LogP contribution >= 0.6 is 11.6 Å². The largest absolute Gasteiger partial charge is 0.476 e. The van der Waals surface area contributed by atoms with Crippen LogP contribution in [0, 0.1) is 0 Å². The van der Waals surface area contributed by atoms with E-state index in [-0.39, 0.29) is 11.6 Å². The van der Waals surface area contributed by atoms with Crippen LogP contribution in [0.25, 0.3) is 0 Å². The molecule has 0 saturated carbocycles. The van der Waals surface area contributed by atoms with Crippen molar-refractivity contribution in [3.05, 3.63) is 52.4 Å². The fraction of sp³-hybridized carbons (Fsp3) is 0.267. The topological polar surface area (TPSA) is 100 Å². The highest BCUT2D eigenvalue weighted by Crippen LogP contribution is 2.36. The lowest BCUT2D eigenvalue weighted by Gasteiger charge is -2.23. The third-order valence-electron chi connectivity index (χ3n) is 3.49. The third kappa shape index (κ3) is 4.48. The molecule has 0 bridgehead atoms. The molecule has 1 aromatic heterocycles. The molecule has 12 heteroatoms. The molecule has 0 unspecified atom stereocenters. The minimum atomic E-state index is -4.81. The van der Waals surface area contributed by atoms with E-state index in [4.69, 9.17) is 16.7 Å². The summed E-state index contributed by atoms with van der Waals surface area (Å²) < 4.78 is 65.8. The maximum Gasteiger partial charge on any atom is 0.416 e. The van der Waals surface area contributed by atoms with Crippen LogP contribution in [0.3, 0.4) is 0 Å². The van der Waals surface area contributed by atoms with Gasteiger partial charge in [0.2, 0.25) is 10.0 Å². The molecule has 0 fully saturated rings. The lowest BCUT2D eigenvalue weighted by molar-refractivity contribution is -0.138. The van der Waals surface area contributed by atoms with Gasteiger partial charge in [-0.2, -0.15) is 13.2 Å². The second-order valence-corrected chi connectivity index (χ2v) is 7.52. The quantitative estimate of drug-likeness (QED) is 0.765. The number of aromatic carboxylic acids is 1. The van der Waals surface area contributed by atoms with E-state index < -0.39 is 50.6 Å². The molecule has 146 valence electrons. The Morgan fingerprint density at radius 3 is 2.44 bits per heavy atom. The molecule has 0 aliphatic rings. The molecule has 0 amide bonds. The van der Waals surface area contributed by atoms with Crippen molar-refractivity contribution in [3.63, 3.8) is 0 Å².